The molecule has 0 radical (unpaired) electrons. The van der Waals surface area contributed by atoms with E-state index in [-0.39, 0.29) is 49.6 Å². The second-order valence-corrected chi connectivity index (χ2v) is 13.5. The number of carbonyl (C=O) groups is 1. The third-order valence-electron chi connectivity index (χ3n) is 10.1. The van der Waals surface area contributed by atoms with Crippen LogP contribution < -0.4 is 15.0 Å². The summed E-state index contributed by atoms with van der Waals surface area (Å²) >= 11 is 6.77. The van der Waals surface area contributed by atoms with Gasteiger partial charge in [0.2, 0.25) is 0 Å². The minimum absolute atomic E-state index is 0.0112. The minimum atomic E-state index is -0.939. The first-order chi connectivity index (χ1) is 22.8. The zero-order valence-electron chi connectivity index (χ0n) is 25.6. The average Bonchev–Trinajstić information content (AvgIpc) is 3.70. The number of hydrogen-bond donors (Lipinski definition) is 3. The van der Waals surface area contributed by atoms with Crippen LogP contribution in [-0.2, 0) is 11.2 Å². The van der Waals surface area contributed by atoms with E-state index in [1.807, 2.05) is 0 Å². The summed E-state index contributed by atoms with van der Waals surface area (Å²) in [6.07, 6.45) is 4.72. The standard InChI is InChI=1S/C32H35ClF2N8O4/c33-23-9-24-21(12-37-41-24)25-20(23)3-1-8-46-31(45)38-18-4-5-19(44)15-42(14-18)29-22-11-36-28(25)26(35)27(22)39-30(40-29)47-16-32-6-2-7-43(32)13-17(34)10-32/h9,11-12,17-19,44H,1-8,10,13-16H2,(H,37,41)(H,38,45)/t17-,18+,19-,32+/m1/s1. The van der Waals surface area contributed by atoms with E-state index in [2.05, 4.69) is 30.4 Å². The number of amides is 1. The van der Waals surface area contributed by atoms with Crippen molar-refractivity contribution in [3.8, 4) is 17.3 Å². The fourth-order valence-electron chi connectivity index (χ4n) is 7.85. The number of carbonyl (C=O) groups excluding carboxylic acids is 1. The van der Waals surface area contributed by atoms with Gasteiger partial charge in [-0.1, -0.05) is 11.6 Å². The Morgan fingerprint density at radius 1 is 1.17 bits per heavy atom. The second-order valence-electron chi connectivity index (χ2n) is 13.1. The summed E-state index contributed by atoms with van der Waals surface area (Å²) in [5.41, 5.74) is 1.27. The fraction of sp³-hybridized carbons (Fsp3) is 0.531. The highest BCUT2D eigenvalue weighted by Crippen LogP contribution is 2.42. The van der Waals surface area contributed by atoms with E-state index in [1.165, 1.54) is 6.20 Å². The lowest BCUT2D eigenvalue weighted by molar-refractivity contribution is 0.107. The largest absolute Gasteiger partial charge is 0.461 e. The number of alkyl carbamates (subject to hydrolysis) is 1. The summed E-state index contributed by atoms with van der Waals surface area (Å²) in [5.74, 6) is -0.373. The molecule has 6 bridgehead atoms. The summed E-state index contributed by atoms with van der Waals surface area (Å²) < 4.78 is 43.3. The molecule has 0 unspecified atom stereocenters. The van der Waals surface area contributed by atoms with Gasteiger partial charge in [-0.05, 0) is 56.7 Å². The maximum Gasteiger partial charge on any atom is 0.407 e. The van der Waals surface area contributed by atoms with Gasteiger partial charge in [-0.15, -0.1) is 0 Å². The molecule has 5 aliphatic heterocycles. The van der Waals surface area contributed by atoms with E-state index in [0.717, 1.165) is 19.4 Å². The van der Waals surface area contributed by atoms with Gasteiger partial charge < -0.3 is 24.8 Å². The van der Waals surface area contributed by atoms with Gasteiger partial charge in [-0.2, -0.15) is 15.1 Å². The molecule has 0 aliphatic carbocycles. The number of H-pyrrole nitrogens is 1. The van der Waals surface area contributed by atoms with Gasteiger partial charge in [0.1, 0.15) is 29.8 Å². The molecule has 4 atom stereocenters. The molecule has 5 aliphatic rings. The monoisotopic (exact) mass is 668 g/mol. The highest BCUT2D eigenvalue weighted by atomic mass is 35.5. The molecular weight excluding hydrogens is 634 g/mol. The van der Waals surface area contributed by atoms with Gasteiger partial charge in [-0.3, -0.25) is 15.0 Å². The minimum Gasteiger partial charge on any atom is -0.461 e. The normalized spacial score (nSPS) is 26.8. The van der Waals surface area contributed by atoms with E-state index in [0.29, 0.717) is 76.9 Å². The van der Waals surface area contributed by atoms with Crippen LogP contribution in [-0.4, -0.2) is 104 Å². The van der Waals surface area contributed by atoms with Crippen molar-refractivity contribution in [1.82, 2.24) is 35.4 Å². The summed E-state index contributed by atoms with van der Waals surface area (Å²) in [6, 6.07) is 1.30. The van der Waals surface area contributed by atoms with Crippen LogP contribution in [0.4, 0.5) is 19.4 Å². The number of nitrogens with one attached hydrogen (secondary N) is 2. The van der Waals surface area contributed by atoms with Crippen LogP contribution in [0.15, 0.2) is 18.5 Å². The smallest absolute Gasteiger partial charge is 0.407 e. The summed E-state index contributed by atoms with van der Waals surface area (Å²) in [6.45, 7) is 1.89. The van der Waals surface area contributed by atoms with E-state index in [9.17, 15) is 14.3 Å². The zero-order chi connectivity index (χ0) is 32.3. The van der Waals surface area contributed by atoms with Crippen molar-refractivity contribution in [2.75, 3.05) is 44.3 Å². The predicted molar refractivity (Wildman–Crippen MR) is 170 cm³/mol. The molecule has 3 N–H and O–H groups in total. The SMILES string of the molecule is O=C1N[C@H]2CC[C@@H](O)CN(C2)c2nc(OC[C@@]34CCCN3C[C@H](F)C4)nc3c(F)c(ncc23)-c2c(c(Cl)cc3[nH]ncc23)CCCO1. The van der Waals surface area contributed by atoms with Gasteiger partial charge in [0.05, 0.1) is 35.3 Å². The fourth-order valence-corrected chi connectivity index (χ4v) is 8.15. The molecule has 248 valence electrons. The van der Waals surface area contributed by atoms with Crippen molar-refractivity contribution in [3.05, 3.63) is 34.9 Å². The summed E-state index contributed by atoms with van der Waals surface area (Å²) in [7, 11) is 0. The summed E-state index contributed by atoms with van der Waals surface area (Å²) in [4.78, 5) is 30.8. The molecule has 3 saturated heterocycles. The molecule has 0 saturated carbocycles. The van der Waals surface area contributed by atoms with Gasteiger partial charge in [0.15, 0.2) is 5.82 Å². The lowest BCUT2D eigenvalue weighted by atomic mass is 9.95. The number of nitrogens with zero attached hydrogens (tertiary/aromatic N) is 6. The predicted octanol–water partition coefficient (Wildman–Crippen LogP) is 4.32. The van der Waals surface area contributed by atoms with Crippen LogP contribution in [0.2, 0.25) is 5.02 Å². The van der Waals surface area contributed by atoms with E-state index in [4.69, 9.17) is 26.1 Å². The number of aliphatic hydroxyl groups is 1. The topological polar surface area (TPSA) is 142 Å². The van der Waals surface area contributed by atoms with E-state index in [1.54, 1.807) is 17.2 Å². The van der Waals surface area contributed by atoms with Gasteiger partial charge >= 0.3 is 12.1 Å². The molecule has 1 amide bonds. The number of aromatic nitrogens is 5. The Labute approximate surface area is 273 Å². The number of halogens is 3. The number of anilines is 1. The van der Waals surface area contributed by atoms with Crippen molar-refractivity contribution in [3.63, 3.8) is 0 Å². The lowest BCUT2D eigenvalue weighted by Crippen LogP contribution is -2.44. The molecule has 4 aromatic rings. The number of benzene rings is 1. The molecule has 3 fully saturated rings. The van der Waals surface area contributed by atoms with Crippen LogP contribution in [0, 0.1) is 5.82 Å². The Balaban J connectivity index is 1.30. The van der Waals surface area contributed by atoms with E-state index < -0.39 is 29.7 Å². The Bertz CT molecular complexity index is 1860. The zero-order valence-corrected chi connectivity index (χ0v) is 26.4. The number of ether oxygens (including phenoxy) is 2. The highest BCUT2D eigenvalue weighted by molar-refractivity contribution is 6.33. The van der Waals surface area contributed by atoms with Gasteiger partial charge in [0, 0.05) is 54.3 Å². The van der Waals surface area contributed by atoms with E-state index >= 15 is 4.39 Å². The number of pyridine rings is 1. The number of aliphatic hydroxyl groups excluding tert-OH is 1. The first-order valence-corrected chi connectivity index (χ1v) is 16.5. The lowest BCUT2D eigenvalue weighted by Gasteiger charge is -2.31. The maximum absolute atomic E-state index is 17.0. The van der Waals surface area contributed by atoms with Gasteiger partial charge in [0.25, 0.3) is 0 Å². The first kappa shape index (κ1) is 30.5. The molecular formula is C32H35ClF2N8O4. The highest BCUT2D eigenvalue weighted by Gasteiger charge is 2.49. The van der Waals surface area contributed by atoms with Crippen LogP contribution >= 0.6 is 11.6 Å². The molecule has 3 aromatic heterocycles. The number of fused-ring (bicyclic) bond motifs is 8. The number of rotatable bonds is 3. The quantitative estimate of drug-likeness (QED) is 0.289. The van der Waals surface area contributed by atoms with Crippen molar-refractivity contribution < 1.29 is 28.2 Å². The number of aromatic amines is 1. The molecule has 0 spiro atoms. The van der Waals surface area contributed by atoms with Crippen LogP contribution in [0.25, 0.3) is 33.1 Å². The third kappa shape index (κ3) is 5.49. The Hall–Kier alpha value is -3.88. The average molecular weight is 669 g/mol. The molecule has 47 heavy (non-hydrogen) atoms. The Kier molecular flexibility index (Phi) is 7.76. The number of alkyl halides is 1. The first-order valence-electron chi connectivity index (χ1n) is 16.2. The molecule has 8 heterocycles. The van der Waals surface area contributed by atoms with Crippen LogP contribution in [0.5, 0.6) is 6.01 Å². The number of hydrogen-bond acceptors (Lipinski definition) is 10. The molecule has 9 rings (SSSR count). The van der Waals surface area contributed by atoms with Crippen LogP contribution in [0.1, 0.15) is 44.1 Å². The third-order valence-corrected chi connectivity index (χ3v) is 10.4. The summed E-state index contributed by atoms with van der Waals surface area (Å²) in [5, 5.41) is 22.2. The molecule has 15 heteroatoms. The maximum atomic E-state index is 17.0. The molecule has 12 nitrogen and oxygen atoms in total. The van der Waals surface area contributed by atoms with Crippen molar-refractivity contribution in [2.24, 2.45) is 0 Å². The van der Waals surface area contributed by atoms with Gasteiger partial charge in [-0.25, -0.2) is 13.6 Å². The molecule has 1 aromatic carbocycles. The Morgan fingerprint density at radius 3 is 2.96 bits per heavy atom. The Morgan fingerprint density at radius 2 is 2.06 bits per heavy atom. The van der Waals surface area contributed by atoms with Crippen LogP contribution in [0.3, 0.4) is 0 Å². The van der Waals surface area contributed by atoms with Crippen molar-refractivity contribution in [2.45, 2.75) is 68.8 Å². The van der Waals surface area contributed by atoms with Crippen molar-refractivity contribution in [1.29, 1.82) is 0 Å². The second kappa shape index (κ2) is 12.0. The van der Waals surface area contributed by atoms with Crippen molar-refractivity contribution >= 4 is 45.3 Å².